The van der Waals surface area contributed by atoms with Crippen LogP contribution in [0.1, 0.15) is 40.9 Å². The number of benzene rings is 1. The number of nitrogens with zero attached hydrogens (tertiary/aromatic N) is 2. The first-order chi connectivity index (χ1) is 11.5. The van der Waals surface area contributed by atoms with Crippen LogP contribution >= 0.6 is 12.4 Å². The fourth-order valence-corrected chi connectivity index (χ4v) is 2.77. The molecule has 0 aliphatic rings. The number of carbonyl (C=O) groups is 1. The average molecular weight is 365 g/mol. The van der Waals surface area contributed by atoms with E-state index in [2.05, 4.69) is 48.5 Å². The second-order valence-corrected chi connectivity index (χ2v) is 6.28. The van der Waals surface area contributed by atoms with Gasteiger partial charge in [0.1, 0.15) is 0 Å². The van der Waals surface area contributed by atoms with Crippen molar-refractivity contribution in [2.24, 2.45) is 5.73 Å². The third kappa shape index (κ3) is 6.18. The summed E-state index contributed by atoms with van der Waals surface area (Å²) < 4.78 is 2.03. The van der Waals surface area contributed by atoms with Gasteiger partial charge in [-0.15, -0.1) is 12.4 Å². The van der Waals surface area contributed by atoms with Crippen LogP contribution in [-0.4, -0.2) is 28.8 Å². The van der Waals surface area contributed by atoms with E-state index in [1.54, 1.807) is 0 Å². The molecule has 1 aromatic carbocycles. The van der Waals surface area contributed by atoms with Gasteiger partial charge in [0.15, 0.2) is 0 Å². The number of hydrogen-bond acceptors (Lipinski definition) is 3. The third-order valence-corrected chi connectivity index (χ3v) is 4.29. The van der Waals surface area contributed by atoms with Crippen LogP contribution in [0.5, 0.6) is 0 Å². The van der Waals surface area contributed by atoms with Gasteiger partial charge in [0.25, 0.3) is 0 Å². The van der Waals surface area contributed by atoms with Crippen molar-refractivity contribution >= 4 is 18.3 Å². The number of aromatic nitrogens is 2. The van der Waals surface area contributed by atoms with Crippen molar-refractivity contribution in [1.82, 2.24) is 15.1 Å². The minimum Gasteiger partial charge on any atom is -0.356 e. The predicted octanol–water partition coefficient (Wildman–Crippen LogP) is 2.68. The lowest BCUT2D eigenvalue weighted by Crippen LogP contribution is -2.26. The van der Waals surface area contributed by atoms with Crippen LogP contribution in [0.25, 0.3) is 0 Å². The smallest absolute Gasteiger partial charge is 0.220 e. The molecule has 0 atom stereocenters. The fourth-order valence-electron chi connectivity index (χ4n) is 2.77. The van der Waals surface area contributed by atoms with Gasteiger partial charge in [0.2, 0.25) is 5.91 Å². The van der Waals surface area contributed by atoms with Crippen LogP contribution < -0.4 is 11.1 Å². The van der Waals surface area contributed by atoms with Crippen molar-refractivity contribution in [2.45, 2.75) is 46.6 Å². The van der Waals surface area contributed by atoms with E-state index in [1.807, 2.05) is 11.6 Å². The van der Waals surface area contributed by atoms with Crippen LogP contribution in [0.2, 0.25) is 0 Å². The standard InChI is InChI=1S/C19H28N4O.ClH/c1-14-5-7-17(8-6-14)13-23-16(3)18(15(2)22-23)9-10-19(24)21-12-4-11-20;/h5-8H,4,9-13,20H2,1-3H3,(H,21,24);1H. The monoisotopic (exact) mass is 364 g/mol. The summed E-state index contributed by atoms with van der Waals surface area (Å²) in [5.41, 5.74) is 11.2. The zero-order valence-electron chi connectivity index (χ0n) is 15.3. The Kier molecular flexibility index (Phi) is 8.66. The van der Waals surface area contributed by atoms with Crippen molar-refractivity contribution in [3.8, 4) is 0 Å². The molecule has 3 N–H and O–H groups in total. The summed E-state index contributed by atoms with van der Waals surface area (Å²) in [6.07, 6.45) is 2.03. The molecule has 138 valence electrons. The summed E-state index contributed by atoms with van der Waals surface area (Å²) >= 11 is 0. The maximum Gasteiger partial charge on any atom is 0.220 e. The molecule has 0 aliphatic heterocycles. The van der Waals surface area contributed by atoms with E-state index in [9.17, 15) is 4.79 Å². The molecule has 1 amide bonds. The molecule has 1 heterocycles. The normalized spacial score (nSPS) is 10.4. The van der Waals surface area contributed by atoms with Crippen molar-refractivity contribution in [3.63, 3.8) is 0 Å². The molecule has 0 spiro atoms. The van der Waals surface area contributed by atoms with Crippen LogP contribution in [0.15, 0.2) is 24.3 Å². The molecule has 2 aromatic rings. The van der Waals surface area contributed by atoms with Crippen molar-refractivity contribution in [1.29, 1.82) is 0 Å². The molecule has 2 rings (SSSR count). The number of nitrogens with two attached hydrogens (primary N) is 1. The number of halogens is 1. The Hall–Kier alpha value is -1.85. The van der Waals surface area contributed by atoms with Crippen LogP contribution in [0.4, 0.5) is 0 Å². The number of rotatable bonds is 8. The maximum absolute atomic E-state index is 11.9. The average Bonchev–Trinajstić information content (AvgIpc) is 2.82. The van der Waals surface area contributed by atoms with E-state index in [0.29, 0.717) is 19.5 Å². The van der Waals surface area contributed by atoms with E-state index in [4.69, 9.17) is 5.73 Å². The Morgan fingerprint density at radius 2 is 1.88 bits per heavy atom. The molecule has 0 unspecified atom stereocenters. The van der Waals surface area contributed by atoms with Gasteiger partial charge in [-0.25, -0.2) is 0 Å². The molecule has 25 heavy (non-hydrogen) atoms. The summed E-state index contributed by atoms with van der Waals surface area (Å²) in [5, 5.41) is 7.55. The summed E-state index contributed by atoms with van der Waals surface area (Å²) in [7, 11) is 0. The van der Waals surface area contributed by atoms with Gasteiger partial charge in [0, 0.05) is 18.7 Å². The van der Waals surface area contributed by atoms with Gasteiger partial charge >= 0.3 is 0 Å². The molecule has 6 heteroatoms. The van der Waals surface area contributed by atoms with Gasteiger partial charge in [-0.1, -0.05) is 29.8 Å². The quantitative estimate of drug-likeness (QED) is 0.707. The second kappa shape index (κ2) is 10.2. The van der Waals surface area contributed by atoms with Crippen molar-refractivity contribution < 1.29 is 4.79 Å². The molecule has 0 bridgehead atoms. The molecular weight excluding hydrogens is 336 g/mol. The van der Waals surface area contributed by atoms with Crippen LogP contribution in [0, 0.1) is 20.8 Å². The molecular formula is C19H29ClN4O. The van der Waals surface area contributed by atoms with E-state index < -0.39 is 0 Å². The Morgan fingerprint density at radius 3 is 2.52 bits per heavy atom. The molecule has 0 fully saturated rings. The SMILES string of the molecule is Cc1ccc(Cn2nc(C)c(CCC(=O)NCCCN)c2C)cc1.Cl. The highest BCUT2D eigenvalue weighted by Gasteiger charge is 2.13. The van der Waals surface area contributed by atoms with E-state index in [1.165, 1.54) is 16.7 Å². The first kappa shape index (κ1) is 21.2. The Balaban J connectivity index is 0.00000312. The van der Waals surface area contributed by atoms with E-state index >= 15 is 0 Å². The predicted molar refractivity (Wildman–Crippen MR) is 104 cm³/mol. The van der Waals surface area contributed by atoms with Crippen molar-refractivity contribution in [3.05, 3.63) is 52.3 Å². The van der Waals surface area contributed by atoms with E-state index in [-0.39, 0.29) is 18.3 Å². The lowest BCUT2D eigenvalue weighted by atomic mass is 10.1. The lowest BCUT2D eigenvalue weighted by molar-refractivity contribution is -0.121. The Labute approximate surface area is 156 Å². The number of hydrogen-bond donors (Lipinski definition) is 2. The van der Waals surface area contributed by atoms with Crippen molar-refractivity contribution in [2.75, 3.05) is 13.1 Å². The van der Waals surface area contributed by atoms with Gasteiger partial charge in [-0.05, 0) is 51.3 Å². The Morgan fingerprint density at radius 1 is 1.20 bits per heavy atom. The van der Waals surface area contributed by atoms with E-state index in [0.717, 1.165) is 30.8 Å². The van der Waals surface area contributed by atoms with Gasteiger partial charge in [-0.2, -0.15) is 5.10 Å². The summed E-state index contributed by atoms with van der Waals surface area (Å²) in [4.78, 5) is 11.9. The highest BCUT2D eigenvalue weighted by molar-refractivity contribution is 5.85. The molecule has 1 aromatic heterocycles. The minimum absolute atomic E-state index is 0. The fraction of sp³-hybridized carbons (Fsp3) is 0.474. The molecule has 0 saturated heterocycles. The van der Waals surface area contributed by atoms with Gasteiger partial charge in [-0.3, -0.25) is 9.48 Å². The largest absolute Gasteiger partial charge is 0.356 e. The van der Waals surface area contributed by atoms with Gasteiger partial charge < -0.3 is 11.1 Å². The Bertz CT molecular complexity index is 679. The summed E-state index contributed by atoms with van der Waals surface area (Å²) in [6, 6.07) is 8.51. The maximum atomic E-state index is 11.9. The summed E-state index contributed by atoms with van der Waals surface area (Å²) in [6.45, 7) is 8.19. The number of aryl methyl sites for hydroxylation is 2. The minimum atomic E-state index is 0. The molecule has 0 saturated carbocycles. The number of amides is 1. The number of nitrogens with one attached hydrogen (secondary N) is 1. The zero-order valence-corrected chi connectivity index (χ0v) is 16.2. The lowest BCUT2D eigenvalue weighted by Gasteiger charge is -2.07. The topological polar surface area (TPSA) is 72.9 Å². The molecule has 5 nitrogen and oxygen atoms in total. The van der Waals surface area contributed by atoms with Crippen LogP contribution in [-0.2, 0) is 17.8 Å². The first-order valence-corrected chi connectivity index (χ1v) is 8.56. The second-order valence-electron chi connectivity index (χ2n) is 6.28. The van der Waals surface area contributed by atoms with Gasteiger partial charge in [0.05, 0.1) is 12.2 Å². The highest BCUT2D eigenvalue weighted by atomic mass is 35.5. The highest BCUT2D eigenvalue weighted by Crippen LogP contribution is 2.17. The third-order valence-electron chi connectivity index (χ3n) is 4.29. The van der Waals surface area contributed by atoms with Crippen LogP contribution in [0.3, 0.4) is 0 Å². The number of carbonyl (C=O) groups excluding carboxylic acids is 1. The molecule has 0 radical (unpaired) electrons. The first-order valence-electron chi connectivity index (χ1n) is 8.56. The summed E-state index contributed by atoms with van der Waals surface area (Å²) in [5.74, 6) is 0.0773. The molecule has 0 aliphatic carbocycles. The zero-order chi connectivity index (χ0) is 17.5.